The summed E-state index contributed by atoms with van der Waals surface area (Å²) in [5.41, 5.74) is 2.13. The molecule has 0 N–H and O–H groups in total. The average Bonchev–Trinajstić information content (AvgIpc) is 3.56. The molecular weight excluding hydrogens is 412 g/mol. The van der Waals surface area contributed by atoms with E-state index in [1.54, 1.807) is 6.07 Å². The summed E-state index contributed by atoms with van der Waals surface area (Å²) in [5, 5.41) is 1.53. The van der Waals surface area contributed by atoms with Gasteiger partial charge in [-0.15, -0.1) is 0 Å². The van der Waals surface area contributed by atoms with Crippen molar-refractivity contribution in [2.75, 3.05) is 36.0 Å². The van der Waals surface area contributed by atoms with Gasteiger partial charge in [-0.2, -0.15) is 0 Å². The van der Waals surface area contributed by atoms with Gasteiger partial charge in [-0.3, -0.25) is 4.79 Å². The number of anilines is 2. The highest BCUT2D eigenvalue weighted by molar-refractivity contribution is 6.43. The summed E-state index contributed by atoms with van der Waals surface area (Å²) < 4.78 is 17.0. The Morgan fingerprint density at radius 2 is 1.62 bits per heavy atom. The van der Waals surface area contributed by atoms with Crippen molar-refractivity contribution < 1.29 is 4.39 Å². The lowest BCUT2D eigenvalue weighted by molar-refractivity contribution is 0.598. The van der Waals surface area contributed by atoms with E-state index in [2.05, 4.69) is 9.47 Å². The predicted octanol–water partition coefficient (Wildman–Crippen LogP) is 5.11. The van der Waals surface area contributed by atoms with Crippen LogP contribution in [0.5, 0.6) is 0 Å². The smallest absolute Gasteiger partial charge is 0.189 e. The number of piperazine rings is 1. The van der Waals surface area contributed by atoms with Gasteiger partial charge in [0.15, 0.2) is 5.43 Å². The molecule has 2 aromatic carbocycles. The molecule has 1 saturated carbocycles. The van der Waals surface area contributed by atoms with Crippen molar-refractivity contribution in [1.82, 2.24) is 4.57 Å². The van der Waals surface area contributed by atoms with Crippen LogP contribution >= 0.6 is 23.2 Å². The maximum absolute atomic E-state index is 14.9. The fourth-order valence-corrected chi connectivity index (χ4v) is 4.53. The van der Waals surface area contributed by atoms with E-state index in [4.69, 9.17) is 23.2 Å². The van der Waals surface area contributed by atoms with Crippen LogP contribution in [0.25, 0.3) is 10.9 Å². The van der Waals surface area contributed by atoms with E-state index in [9.17, 15) is 9.18 Å². The van der Waals surface area contributed by atoms with Crippen LogP contribution in [-0.2, 0) is 0 Å². The molecule has 2 heterocycles. The molecule has 7 heteroatoms. The maximum atomic E-state index is 14.9. The molecule has 4 nitrogen and oxygen atoms in total. The Hall–Kier alpha value is -2.24. The van der Waals surface area contributed by atoms with Crippen molar-refractivity contribution in [3.63, 3.8) is 0 Å². The van der Waals surface area contributed by atoms with Crippen LogP contribution < -0.4 is 15.2 Å². The molecule has 0 unspecified atom stereocenters. The van der Waals surface area contributed by atoms with Crippen molar-refractivity contribution in [1.29, 1.82) is 0 Å². The number of hydrogen-bond donors (Lipinski definition) is 0. The second-order valence-electron chi connectivity index (χ2n) is 7.69. The van der Waals surface area contributed by atoms with Crippen LogP contribution in [0.15, 0.2) is 47.4 Å². The van der Waals surface area contributed by atoms with E-state index in [1.165, 1.54) is 12.1 Å². The fourth-order valence-electron chi connectivity index (χ4n) is 4.12. The molecule has 0 amide bonds. The Bertz CT molecular complexity index is 1150. The maximum Gasteiger partial charge on any atom is 0.189 e. The standard InChI is InChI=1S/C22H20Cl2FN3O/c23-16-2-1-3-18(22(16)24)26-8-10-27(11-9-26)20-13-19-15(12-17(20)25)21(29)6-7-28(19)14-4-5-14/h1-3,6-7,12-14H,4-5,8-11H2. The van der Waals surface area contributed by atoms with Gasteiger partial charge < -0.3 is 14.4 Å². The second-order valence-corrected chi connectivity index (χ2v) is 8.47. The van der Waals surface area contributed by atoms with E-state index in [1.807, 2.05) is 29.3 Å². The van der Waals surface area contributed by atoms with Crippen LogP contribution in [0.2, 0.25) is 10.0 Å². The normalized spacial score (nSPS) is 17.2. The molecule has 29 heavy (non-hydrogen) atoms. The summed E-state index contributed by atoms with van der Waals surface area (Å²) >= 11 is 12.5. The molecule has 0 spiro atoms. The van der Waals surface area contributed by atoms with Gasteiger partial charge in [-0.1, -0.05) is 29.3 Å². The first-order chi connectivity index (χ1) is 14.0. The fraction of sp³-hybridized carbons (Fsp3) is 0.318. The number of benzene rings is 2. The van der Waals surface area contributed by atoms with Gasteiger partial charge in [0.1, 0.15) is 5.82 Å². The number of halogens is 3. The van der Waals surface area contributed by atoms with Crippen LogP contribution in [0, 0.1) is 5.82 Å². The Balaban J connectivity index is 1.45. The van der Waals surface area contributed by atoms with Gasteiger partial charge >= 0.3 is 0 Å². The quantitative estimate of drug-likeness (QED) is 0.576. The largest absolute Gasteiger partial charge is 0.367 e. The zero-order valence-corrected chi connectivity index (χ0v) is 17.3. The Morgan fingerprint density at radius 3 is 2.31 bits per heavy atom. The number of pyridine rings is 1. The summed E-state index contributed by atoms with van der Waals surface area (Å²) in [7, 11) is 0. The van der Waals surface area contributed by atoms with Gasteiger partial charge in [-0.25, -0.2) is 4.39 Å². The van der Waals surface area contributed by atoms with Gasteiger partial charge in [0, 0.05) is 49.9 Å². The van der Waals surface area contributed by atoms with E-state index in [0.717, 1.165) is 24.0 Å². The highest BCUT2D eigenvalue weighted by atomic mass is 35.5. The minimum Gasteiger partial charge on any atom is -0.367 e. The zero-order chi connectivity index (χ0) is 20.1. The van der Waals surface area contributed by atoms with E-state index in [-0.39, 0.29) is 11.2 Å². The number of fused-ring (bicyclic) bond motifs is 1. The molecule has 3 aromatic rings. The first-order valence-electron chi connectivity index (χ1n) is 9.81. The Labute approximate surface area is 178 Å². The summed E-state index contributed by atoms with van der Waals surface area (Å²) in [6, 6.07) is 10.8. The summed E-state index contributed by atoms with van der Waals surface area (Å²) in [6.45, 7) is 2.74. The van der Waals surface area contributed by atoms with Crippen molar-refractivity contribution >= 4 is 45.5 Å². The number of rotatable bonds is 3. The molecule has 2 aliphatic rings. The average molecular weight is 432 g/mol. The monoisotopic (exact) mass is 431 g/mol. The van der Waals surface area contributed by atoms with Crippen molar-refractivity contribution in [3.8, 4) is 0 Å². The molecule has 1 aromatic heterocycles. The van der Waals surface area contributed by atoms with Gasteiger partial charge in [0.25, 0.3) is 0 Å². The third-order valence-electron chi connectivity index (χ3n) is 5.83. The third kappa shape index (κ3) is 3.36. The third-order valence-corrected chi connectivity index (χ3v) is 6.64. The Morgan fingerprint density at radius 1 is 0.931 bits per heavy atom. The summed E-state index contributed by atoms with van der Waals surface area (Å²) in [4.78, 5) is 16.5. The first kappa shape index (κ1) is 18.8. The minimum atomic E-state index is -0.350. The number of hydrogen-bond acceptors (Lipinski definition) is 3. The molecule has 150 valence electrons. The van der Waals surface area contributed by atoms with Gasteiger partial charge in [0.05, 0.1) is 26.9 Å². The van der Waals surface area contributed by atoms with Crippen LogP contribution in [0.4, 0.5) is 15.8 Å². The molecule has 2 fully saturated rings. The van der Waals surface area contributed by atoms with Crippen LogP contribution in [0.3, 0.4) is 0 Å². The first-order valence-corrected chi connectivity index (χ1v) is 10.6. The van der Waals surface area contributed by atoms with Crippen molar-refractivity contribution in [2.45, 2.75) is 18.9 Å². The molecule has 1 aliphatic heterocycles. The molecule has 0 atom stereocenters. The topological polar surface area (TPSA) is 28.5 Å². The molecule has 0 bridgehead atoms. The SMILES string of the molecule is O=c1ccn(C2CC2)c2cc(N3CCN(c4cccc(Cl)c4Cl)CC3)c(F)cc12. The van der Waals surface area contributed by atoms with Crippen LogP contribution in [0.1, 0.15) is 18.9 Å². The number of aromatic nitrogens is 1. The molecule has 1 saturated heterocycles. The van der Waals surface area contributed by atoms with E-state index < -0.39 is 0 Å². The summed E-state index contributed by atoms with van der Waals surface area (Å²) in [6.07, 6.45) is 4.04. The predicted molar refractivity (Wildman–Crippen MR) is 117 cm³/mol. The molecular formula is C22H20Cl2FN3O. The van der Waals surface area contributed by atoms with Crippen LogP contribution in [-0.4, -0.2) is 30.7 Å². The lowest BCUT2D eigenvalue weighted by Gasteiger charge is -2.38. The lowest BCUT2D eigenvalue weighted by Crippen LogP contribution is -2.47. The molecule has 5 rings (SSSR count). The van der Waals surface area contributed by atoms with Crippen molar-refractivity contribution in [3.05, 3.63) is 68.7 Å². The number of nitrogens with zero attached hydrogens (tertiary/aromatic N) is 3. The molecule has 1 aliphatic carbocycles. The lowest BCUT2D eigenvalue weighted by atomic mass is 10.1. The van der Waals surface area contributed by atoms with Gasteiger partial charge in [0.2, 0.25) is 0 Å². The highest BCUT2D eigenvalue weighted by Crippen LogP contribution is 2.38. The Kier molecular flexibility index (Phi) is 4.67. The van der Waals surface area contributed by atoms with Gasteiger partial charge in [-0.05, 0) is 37.1 Å². The second kappa shape index (κ2) is 7.22. The highest BCUT2D eigenvalue weighted by Gasteiger charge is 2.26. The van der Waals surface area contributed by atoms with E-state index in [0.29, 0.717) is 53.3 Å². The summed E-state index contributed by atoms with van der Waals surface area (Å²) in [5.74, 6) is -0.350. The zero-order valence-electron chi connectivity index (χ0n) is 15.7. The van der Waals surface area contributed by atoms with Crippen molar-refractivity contribution in [2.24, 2.45) is 0 Å². The minimum absolute atomic E-state index is 0.136. The van der Waals surface area contributed by atoms with E-state index >= 15 is 0 Å². The molecule has 0 radical (unpaired) electrons.